The molecule has 0 aliphatic carbocycles. The summed E-state index contributed by atoms with van der Waals surface area (Å²) < 4.78 is 40.0. The molecule has 34 heavy (non-hydrogen) atoms. The van der Waals surface area contributed by atoms with Crippen molar-refractivity contribution >= 4 is 28.3 Å². The van der Waals surface area contributed by atoms with Gasteiger partial charge in [0.25, 0.3) is 0 Å². The number of benzene rings is 1. The van der Waals surface area contributed by atoms with Gasteiger partial charge in [-0.3, -0.25) is 4.79 Å². The highest BCUT2D eigenvalue weighted by Gasteiger charge is 2.52. The first-order chi connectivity index (χ1) is 16.1. The first-order valence-electron chi connectivity index (χ1n) is 10.9. The maximum absolute atomic E-state index is 13.3. The lowest BCUT2D eigenvalue weighted by Crippen LogP contribution is -2.60. The van der Waals surface area contributed by atoms with Crippen LogP contribution in [0.2, 0.25) is 0 Å². The molecule has 2 aliphatic rings. The largest absolute Gasteiger partial charge is 0.416 e. The topological polar surface area (TPSA) is 109 Å². The van der Waals surface area contributed by atoms with Crippen LogP contribution in [-0.4, -0.2) is 40.7 Å². The summed E-state index contributed by atoms with van der Waals surface area (Å²) >= 11 is 0. The second-order valence-corrected chi connectivity index (χ2v) is 9.00. The number of nitrogens with zero attached hydrogens (tertiary/aromatic N) is 4. The van der Waals surface area contributed by atoms with Crippen LogP contribution in [0.5, 0.6) is 0 Å². The van der Waals surface area contributed by atoms with E-state index in [0.29, 0.717) is 47.9 Å². The number of rotatable bonds is 4. The van der Waals surface area contributed by atoms with Gasteiger partial charge in [0.2, 0.25) is 5.91 Å². The van der Waals surface area contributed by atoms with Gasteiger partial charge in [0.15, 0.2) is 5.82 Å². The van der Waals surface area contributed by atoms with E-state index in [4.69, 9.17) is 5.73 Å². The van der Waals surface area contributed by atoms with Gasteiger partial charge in [0, 0.05) is 36.6 Å². The Morgan fingerprint density at radius 1 is 1.21 bits per heavy atom. The van der Waals surface area contributed by atoms with Crippen molar-refractivity contribution in [3.8, 4) is 0 Å². The Kier molecular flexibility index (Phi) is 5.12. The maximum Gasteiger partial charge on any atom is 0.416 e. The number of aromatic nitrogens is 3. The van der Waals surface area contributed by atoms with Crippen molar-refractivity contribution in [2.45, 2.75) is 32.6 Å². The van der Waals surface area contributed by atoms with Crippen molar-refractivity contribution in [2.24, 2.45) is 11.1 Å². The summed E-state index contributed by atoms with van der Waals surface area (Å²) in [4.78, 5) is 18.7. The number of anilines is 2. The standard InChI is InChI=1S/C23H24F3N7O/c1-12-14(4-3-5-17(12)23(24,25)26)19(27)30-20-15-8-18(29-9-16(15)13(2)31-32-20)33-10-22(11-33)6-7-28-21(22)34/h3-5,8-9,19H,6-7,10-11,27H2,1-2H3,(H,28,34)(H,30,32)/t19-/m0/s1. The van der Waals surface area contributed by atoms with Gasteiger partial charge in [-0.1, -0.05) is 12.1 Å². The zero-order chi connectivity index (χ0) is 24.3. The van der Waals surface area contributed by atoms with Gasteiger partial charge in [-0.25, -0.2) is 4.98 Å². The average Bonchev–Trinajstić information content (AvgIpc) is 3.15. The van der Waals surface area contributed by atoms with Crippen molar-refractivity contribution < 1.29 is 18.0 Å². The monoisotopic (exact) mass is 471 g/mol. The predicted molar refractivity (Wildman–Crippen MR) is 121 cm³/mol. The molecule has 178 valence electrons. The molecule has 11 heteroatoms. The van der Waals surface area contributed by atoms with Crippen LogP contribution in [0.4, 0.5) is 24.8 Å². The molecule has 1 aromatic carbocycles. The zero-order valence-corrected chi connectivity index (χ0v) is 18.7. The molecule has 0 unspecified atom stereocenters. The molecule has 3 aromatic rings. The van der Waals surface area contributed by atoms with E-state index in [1.54, 1.807) is 19.2 Å². The number of fused-ring (bicyclic) bond motifs is 1. The Hall–Kier alpha value is -3.47. The average molecular weight is 471 g/mol. The smallest absolute Gasteiger partial charge is 0.355 e. The van der Waals surface area contributed by atoms with Crippen LogP contribution in [0.25, 0.3) is 10.8 Å². The van der Waals surface area contributed by atoms with Crippen molar-refractivity contribution in [3.63, 3.8) is 0 Å². The molecule has 4 N–H and O–H groups in total. The fraction of sp³-hybridized carbons (Fsp3) is 0.391. The van der Waals surface area contributed by atoms with Gasteiger partial charge in [-0.05, 0) is 43.5 Å². The lowest BCUT2D eigenvalue weighted by Gasteiger charge is -2.46. The minimum Gasteiger partial charge on any atom is -0.355 e. The van der Waals surface area contributed by atoms with E-state index >= 15 is 0 Å². The van der Waals surface area contributed by atoms with Crippen LogP contribution < -0.4 is 21.3 Å². The van der Waals surface area contributed by atoms with Gasteiger partial charge in [-0.15, -0.1) is 5.10 Å². The first kappa shape index (κ1) is 22.3. The highest BCUT2D eigenvalue weighted by Crippen LogP contribution is 2.40. The summed E-state index contributed by atoms with van der Waals surface area (Å²) in [6.45, 7) is 5.06. The molecule has 1 spiro atoms. The predicted octanol–water partition coefficient (Wildman–Crippen LogP) is 3.06. The molecule has 5 rings (SSSR count). The van der Waals surface area contributed by atoms with Crippen molar-refractivity contribution in [3.05, 3.63) is 52.8 Å². The van der Waals surface area contributed by atoms with Crippen LogP contribution >= 0.6 is 0 Å². The second-order valence-electron chi connectivity index (χ2n) is 9.00. The molecular formula is C23H24F3N7O. The lowest BCUT2D eigenvalue weighted by atomic mass is 9.78. The van der Waals surface area contributed by atoms with E-state index in [0.717, 1.165) is 17.9 Å². The van der Waals surface area contributed by atoms with Crippen molar-refractivity contribution in [1.82, 2.24) is 20.5 Å². The molecule has 2 aliphatic heterocycles. The molecule has 0 bridgehead atoms. The Morgan fingerprint density at radius 2 is 1.97 bits per heavy atom. The van der Waals surface area contributed by atoms with Gasteiger partial charge in [0.1, 0.15) is 12.0 Å². The number of nitrogens with one attached hydrogen (secondary N) is 2. The Labute approximate surface area is 193 Å². The van der Waals surface area contributed by atoms with E-state index < -0.39 is 17.9 Å². The zero-order valence-electron chi connectivity index (χ0n) is 18.7. The molecule has 2 fully saturated rings. The third kappa shape index (κ3) is 3.60. The molecule has 0 radical (unpaired) electrons. The third-order valence-corrected chi connectivity index (χ3v) is 6.82. The van der Waals surface area contributed by atoms with Crippen LogP contribution in [0.1, 0.15) is 35.0 Å². The van der Waals surface area contributed by atoms with Gasteiger partial charge in [0.05, 0.1) is 16.7 Å². The fourth-order valence-electron chi connectivity index (χ4n) is 4.83. The number of hydrogen-bond donors (Lipinski definition) is 3. The van der Waals surface area contributed by atoms with E-state index in [2.05, 4.69) is 25.8 Å². The molecule has 1 amide bonds. The third-order valence-electron chi connectivity index (χ3n) is 6.82. The molecule has 2 saturated heterocycles. The number of carbonyl (C=O) groups excluding carboxylic acids is 1. The van der Waals surface area contributed by atoms with Gasteiger partial charge in [-0.2, -0.15) is 18.3 Å². The van der Waals surface area contributed by atoms with Crippen LogP contribution in [0, 0.1) is 19.3 Å². The van der Waals surface area contributed by atoms with Crippen LogP contribution in [-0.2, 0) is 11.0 Å². The Morgan fingerprint density at radius 3 is 2.65 bits per heavy atom. The fourth-order valence-corrected chi connectivity index (χ4v) is 4.83. The molecule has 4 heterocycles. The molecule has 0 saturated carbocycles. The maximum atomic E-state index is 13.3. The molecule has 2 aromatic heterocycles. The van der Waals surface area contributed by atoms with E-state index in [-0.39, 0.29) is 16.9 Å². The molecule has 8 nitrogen and oxygen atoms in total. The first-order valence-corrected chi connectivity index (χ1v) is 10.9. The number of pyridine rings is 1. The quantitative estimate of drug-likeness (QED) is 0.502. The van der Waals surface area contributed by atoms with E-state index in [9.17, 15) is 18.0 Å². The lowest BCUT2D eigenvalue weighted by molar-refractivity contribution is -0.138. The van der Waals surface area contributed by atoms with E-state index in [1.807, 2.05) is 11.0 Å². The van der Waals surface area contributed by atoms with Crippen molar-refractivity contribution in [2.75, 3.05) is 29.9 Å². The SMILES string of the molecule is Cc1c([C@@H](N)Nc2nnc(C)c3cnc(N4CC5(CCNC5=O)C4)cc23)cccc1C(F)(F)F. The van der Waals surface area contributed by atoms with Gasteiger partial charge < -0.3 is 21.3 Å². The Balaban J connectivity index is 1.45. The highest BCUT2D eigenvalue weighted by atomic mass is 19.4. The summed E-state index contributed by atoms with van der Waals surface area (Å²) in [7, 11) is 0. The number of carbonyl (C=O) groups is 1. The summed E-state index contributed by atoms with van der Waals surface area (Å²) in [5, 5.41) is 15.8. The summed E-state index contributed by atoms with van der Waals surface area (Å²) in [5.74, 6) is 1.12. The van der Waals surface area contributed by atoms with Crippen LogP contribution in [0.15, 0.2) is 30.5 Å². The van der Waals surface area contributed by atoms with Crippen LogP contribution in [0.3, 0.4) is 0 Å². The van der Waals surface area contributed by atoms with E-state index in [1.165, 1.54) is 13.0 Å². The number of hydrogen-bond acceptors (Lipinski definition) is 7. The molecule has 1 atom stereocenters. The minimum absolute atomic E-state index is 0.0578. The number of alkyl halides is 3. The Bertz CT molecular complexity index is 1290. The molecular weight excluding hydrogens is 447 g/mol. The number of aryl methyl sites for hydroxylation is 1. The number of halogens is 3. The summed E-state index contributed by atoms with van der Waals surface area (Å²) in [6.07, 6.45) is -2.91. The minimum atomic E-state index is -4.47. The summed E-state index contributed by atoms with van der Waals surface area (Å²) in [5.41, 5.74) is 6.24. The number of nitrogens with two attached hydrogens (primary N) is 1. The second kappa shape index (κ2) is 7.79. The highest BCUT2D eigenvalue weighted by molar-refractivity contribution is 5.95. The normalized spacial score (nSPS) is 18.2. The van der Waals surface area contributed by atoms with Crippen molar-refractivity contribution in [1.29, 1.82) is 0 Å². The van der Waals surface area contributed by atoms with Gasteiger partial charge >= 0.3 is 6.18 Å². The number of amides is 1. The summed E-state index contributed by atoms with van der Waals surface area (Å²) in [6, 6.07) is 5.79.